The molecular weight excluding hydrogens is 436 g/mol. The number of nitrogens with two attached hydrogens (primary N) is 1. The molecule has 0 aromatic heterocycles. The quantitative estimate of drug-likeness (QED) is 0.517. The minimum absolute atomic E-state index is 0.0119. The van der Waals surface area contributed by atoms with Gasteiger partial charge in [-0.15, -0.1) is 0 Å². The number of nitrogens with zero attached hydrogens (tertiary/aromatic N) is 1. The average molecular weight is 473 g/mol. The zero-order valence-corrected chi connectivity index (χ0v) is 20.7. The number of carbonyl (C=O) groups excluding carboxylic acids is 2. The molecule has 1 aliphatic heterocycles. The number of carbonyl (C=O) groups is 2. The Morgan fingerprint density at radius 2 is 1.97 bits per heavy atom. The smallest absolute Gasteiger partial charge is 0.251 e. The van der Waals surface area contributed by atoms with Gasteiger partial charge in [-0.25, -0.2) is 0 Å². The molecule has 0 bridgehead atoms. The maximum absolute atomic E-state index is 13.2. The lowest BCUT2D eigenvalue weighted by molar-refractivity contribution is -0.133. The summed E-state index contributed by atoms with van der Waals surface area (Å²) in [7, 11) is 0. The van der Waals surface area contributed by atoms with Crippen LogP contribution in [0, 0.1) is 11.8 Å². The van der Waals surface area contributed by atoms with Crippen molar-refractivity contribution in [2.45, 2.75) is 52.1 Å². The van der Waals surface area contributed by atoms with Gasteiger partial charge in [-0.2, -0.15) is 0 Å². The number of halogens is 1. The van der Waals surface area contributed by atoms with Gasteiger partial charge < -0.3 is 21.3 Å². The second-order valence-electron chi connectivity index (χ2n) is 9.40. The number of hydrogen-bond acceptors (Lipinski definition) is 4. The van der Waals surface area contributed by atoms with Crippen LogP contribution in [0.25, 0.3) is 10.8 Å². The molecule has 0 radical (unpaired) electrons. The molecule has 3 atom stereocenters. The SMILES string of the molecule is CCC(CN1CC[C@@H](CNC(=O)c2ccc3cc(Cl)ccc3c2)N[C@@H](CCN)C1=O)C(C)C. The number of fused-ring (bicyclic) bond motifs is 1. The Hall–Kier alpha value is -2.15. The van der Waals surface area contributed by atoms with Crippen LogP contribution in [-0.4, -0.2) is 55.0 Å². The summed E-state index contributed by atoms with van der Waals surface area (Å²) in [6, 6.07) is 10.9. The van der Waals surface area contributed by atoms with Gasteiger partial charge >= 0.3 is 0 Å². The Bertz CT molecular complexity index is 964. The summed E-state index contributed by atoms with van der Waals surface area (Å²) in [6.45, 7) is 8.98. The minimum Gasteiger partial charge on any atom is -0.350 e. The topological polar surface area (TPSA) is 87.5 Å². The molecule has 1 unspecified atom stereocenters. The average Bonchev–Trinajstić information content (AvgIpc) is 2.94. The highest BCUT2D eigenvalue weighted by molar-refractivity contribution is 6.31. The van der Waals surface area contributed by atoms with Crippen LogP contribution in [0.1, 0.15) is 50.4 Å². The van der Waals surface area contributed by atoms with E-state index in [-0.39, 0.29) is 23.9 Å². The van der Waals surface area contributed by atoms with Gasteiger partial charge in [-0.3, -0.25) is 9.59 Å². The fourth-order valence-electron chi connectivity index (χ4n) is 4.57. The van der Waals surface area contributed by atoms with Crippen LogP contribution in [0.15, 0.2) is 36.4 Å². The maximum atomic E-state index is 13.2. The third-order valence-corrected chi connectivity index (χ3v) is 6.98. The molecule has 180 valence electrons. The van der Waals surface area contributed by atoms with E-state index < -0.39 is 0 Å². The van der Waals surface area contributed by atoms with Crippen molar-refractivity contribution in [2.75, 3.05) is 26.2 Å². The van der Waals surface area contributed by atoms with E-state index in [9.17, 15) is 9.59 Å². The first-order valence-electron chi connectivity index (χ1n) is 12.0. The number of hydrogen-bond donors (Lipinski definition) is 3. The Balaban J connectivity index is 1.64. The zero-order chi connectivity index (χ0) is 24.0. The molecule has 7 heteroatoms. The van der Waals surface area contributed by atoms with Gasteiger partial charge in [0.05, 0.1) is 6.04 Å². The van der Waals surface area contributed by atoms with Gasteiger partial charge in [0.25, 0.3) is 5.91 Å². The largest absolute Gasteiger partial charge is 0.350 e. The summed E-state index contributed by atoms with van der Waals surface area (Å²) in [5.74, 6) is 1.01. The molecular formula is C26H37ClN4O2. The summed E-state index contributed by atoms with van der Waals surface area (Å²) in [5, 5.41) is 9.15. The lowest BCUT2D eigenvalue weighted by Crippen LogP contribution is -2.50. The molecule has 0 aliphatic carbocycles. The molecule has 4 N–H and O–H groups in total. The second-order valence-corrected chi connectivity index (χ2v) is 9.83. The molecule has 2 amide bonds. The summed E-state index contributed by atoms with van der Waals surface area (Å²) in [4.78, 5) is 28.0. The van der Waals surface area contributed by atoms with E-state index in [0.29, 0.717) is 48.5 Å². The molecule has 2 aromatic carbocycles. The molecule has 2 aromatic rings. The van der Waals surface area contributed by atoms with E-state index in [4.69, 9.17) is 17.3 Å². The fourth-order valence-corrected chi connectivity index (χ4v) is 4.75. The van der Waals surface area contributed by atoms with Crippen molar-refractivity contribution < 1.29 is 9.59 Å². The van der Waals surface area contributed by atoms with Crippen molar-refractivity contribution in [3.8, 4) is 0 Å². The van der Waals surface area contributed by atoms with Crippen molar-refractivity contribution >= 4 is 34.2 Å². The predicted molar refractivity (Wildman–Crippen MR) is 135 cm³/mol. The molecule has 33 heavy (non-hydrogen) atoms. The molecule has 1 fully saturated rings. The van der Waals surface area contributed by atoms with Gasteiger partial charge in [0, 0.05) is 36.3 Å². The molecule has 3 rings (SSSR count). The van der Waals surface area contributed by atoms with Crippen molar-refractivity contribution in [2.24, 2.45) is 17.6 Å². The molecule has 1 heterocycles. The van der Waals surface area contributed by atoms with Crippen LogP contribution in [0.4, 0.5) is 0 Å². The highest BCUT2D eigenvalue weighted by Gasteiger charge is 2.31. The zero-order valence-electron chi connectivity index (χ0n) is 19.9. The standard InChI is InChI=1S/C26H37ClN4O2/c1-4-18(17(2)3)16-31-12-10-23(30-24(9-11-28)26(31)33)15-29-25(32)21-6-5-20-14-22(27)8-7-19(20)13-21/h5-8,13-14,17-18,23-24,30H,4,9-12,15-16,28H2,1-3H3,(H,29,32)/t18?,23-,24-/m0/s1. The van der Waals surface area contributed by atoms with Gasteiger partial charge in [-0.1, -0.05) is 50.9 Å². The number of benzene rings is 2. The van der Waals surface area contributed by atoms with E-state index in [2.05, 4.69) is 31.4 Å². The van der Waals surface area contributed by atoms with Crippen LogP contribution >= 0.6 is 11.6 Å². The van der Waals surface area contributed by atoms with Crippen molar-refractivity contribution in [1.82, 2.24) is 15.5 Å². The Morgan fingerprint density at radius 1 is 1.24 bits per heavy atom. The van der Waals surface area contributed by atoms with Gasteiger partial charge in [-0.05, 0) is 66.3 Å². The van der Waals surface area contributed by atoms with Crippen LogP contribution < -0.4 is 16.4 Å². The summed E-state index contributed by atoms with van der Waals surface area (Å²) >= 11 is 6.05. The van der Waals surface area contributed by atoms with Crippen molar-refractivity contribution in [3.63, 3.8) is 0 Å². The van der Waals surface area contributed by atoms with Gasteiger partial charge in [0.15, 0.2) is 0 Å². The van der Waals surface area contributed by atoms with Gasteiger partial charge in [0.2, 0.25) is 5.91 Å². The van der Waals surface area contributed by atoms with Crippen molar-refractivity contribution in [1.29, 1.82) is 0 Å². The molecule has 1 saturated heterocycles. The van der Waals surface area contributed by atoms with Crippen LogP contribution in [-0.2, 0) is 4.79 Å². The lowest BCUT2D eigenvalue weighted by atomic mass is 9.92. The van der Waals surface area contributed by atoms with Crippen LogP contribution in [0.5, 0.6) is 0 Å². The highest BCUT2D eigenvalue weighted by Crippen LogP contribution is 2.21. The molecule has 6 nitrogen and oxygen atoms in total. The lowest BCUT2D eigenvalue weighted by Gasteiger charge is -2.30. The van der Waals surface area contributed by atoms with Gasteiger partial charge in [0.1, 0.15) is 0 Å². The third kappa shape index (κ3) is 6.69. The fraction of sp³-hybridized carbons (Fsp3) is 0.538. The van der Waals surface area contributed by atoms with Crippen LogP contribution in [0.3, 0.4) is 0 Å². The maximum Gasteiger partial charge on any atom is 0.251 e. The van der Waals surface area contributed by atoms with E-state index in [0.717, 1.165) is 30.2 Å². The highest BCUT2D eigenvalue weighted by atomic mass is 35.5. The Kier molecular flexibility index (Phi) is 9.12. The first-order valence-corrected chi connectivity index (χ1v) is 12.4. The monoisotopic (exact) mass is 472 g/mol. The normalized spacial score (nSPS) is 20.2. The van der Waals surface area contributed by atoms with E-state index in [1.54, 1.807) is 0 Å². The van der Waals surface area contributed by atoms with E-state index >= 15 is 0 Å². The summed E-state index contributed by atoms with van der Waals surface area (Å²) in [6.07, 6.45) is 2.43. The Morgan fingerprint density at radius 3 is 2.67 bits per heavy atom. The van der Waals surface area contributed by atoms with Crippen molar-refractivity contribution in [3.05, 3.63) is 47.0 Å². The Labute approximate surface area is 202 Å². The summed E-state index contributed by atoms with van der Waals surface area (Å²) < 4.78 is 0. The first-order chi connectivity index (χ1) is 15.8. The number of rotatable bonds is 9. The molecule has 0 spiro atoms. The first kappa shape index (κ1) is 25.5. The minimum atomic E-state index is -0.311. The molecule has 0 saturated carbocycles. The van der Waals surface area contributed by atoms with E-state index in [1.165, 1.54) is 0 Å². The molecule has 1 aliphatic rings. The van der Waals surface area contributed by atoms with Crippen LogP contribution in [0.2, 0.25) is 5.02 Å². The predicted octanol–water partition coefficient (Wildman–Crippen LogP) is 3.81. The third-order valence-electron chi connectivity index (χ3n) is 6.75. The number of amides is 2. The summed E-state index contributed by atoms with van der Waals surface area (Å²) in [5.41, 5.74) is 6.41. The van der Waals surface area contributed by atoms with E-state index in [1.807, 2.05) is 41.3 Å². The second kappa shape index (κ2) is 11.8. The number of nitrogens with one attached hydrogen (secondary N) is 2.